The Morgan fingerprint density at radius 3 is 2.38 bits per heavy atom. The van der Waals surface area contributed by atoms with Gasteiger partial charge in [-0.1, -0.05) is 50.6 Å². The summed E-state index contributed by atoms with van der Waals surface area (Å²) in [4.78, 5) is 24.3. The van der Waals surface area contributed by atoms with Crippen LogP contribution >= 0.6 is 0 Å². The van der Waals surface area contributed by atoms with Crippen molar-refractivity contribution in [3.05, 3.63) is 60.1 Å². The molecule has 0 fully saturated rings. The van der Waals surface area contributed by atoms with E-state index in [2.05, 4.69) is 24.5 Å². The topological polar surface area (TPSA) is 71.3 Å². The van der Waals surface area contributed by atoms with Gasteiger partial charge in [0.15, 0.2) is 5.76 Å². The van der Waals surface area contributed by atoms with Crippen molar-refractivity contribution in [2.24, 2.45) is 5.92 Å². The highest BCUT2D eigenvalue weighted by atomic mass is 16.3. The summed E-state index contributed by atoms with van der Waals surface area (Å²) in [6.45, 7) is 4.89. The molecule has 0 saturated heterocycles. The molecule has 0 spiro atoms. The first-order valence-corrected chi connectivity index (χ1v) is 8.27. The molecule has 2 aromatic rings. The summed E-state index contributed by atoms with van der Waals surface area (Å²) in [6, 6.07) is 13.1. The van der Waals surface area contributed by atoms with Crippen molar-refractivity contribution >= 4 is 11.8 Å². The number of carbonyl (C=O) groups excluding carboxylic acids is 2. The molecule has 0 bridgehead atoms. The zero-order valence-electron chi connectivity index (χ0n) is 14.1. The Morgan fingerprint density at radius 2 is 1.75 bits per heavy atom. The normalized spacial score (nSPS) is 13.1. The molecule has 0 saturated carbocycles. The van der Waals surface area contributed by atoms with Gasteiger partial charge in [0.05, 0.1) is 12.2 Å². The predicted molar refractivity (Wildman–Crippen MR) is 92.7 cm³/mol. The van der Waals surface area contributed by atoms with Crippen LogP contribution in [0.5, 0.6) is 0 Å². The molecule has 1 aromatic heterocycles. The predicted octanol–water partition coefficient (Wildman–Crippen LogP) is 2.96. The quantitative estimate of drug-likeness (QED) is 0.732. The molecular formula is C19H24N2O3. The van der Waals surface area contributed by atoms with E-state index in [0.717, 1.165) is 12.0 Å². The van der Waals surface area contributed by atoms with Gasteiger partial charge >= 0.3 is 0 Å². The first-order valence-electron chi connectivity index (χ1n) is 8.27. The van der Waals surface area contributed by atoms with Gasteiger partial charge < -0.3 is 15.1 Å². The van der Waals surface area contributed by atoms with Crippen LogP contribution in [0.1, 0.15) is 42.3 Å². The lowest BCUT2D eigenvalue weighted by Crippen LogP contribution is -2.38. The first kappa shape index (κ1) is 17.8. The van der Waals surface area contributed by atoms with E-state index in [9.17, 15) is 9.59 Å². The fraction of sp³-hybridized carbons (Fsp3) is 0.368. The number of carbonyl (C=O) groups is 2. The maximum absolute atomic E-state index is 12.6. The summed E-state index contributed by atoms with van der Waals surface area (Å²) in [5.41, 5.74) is 1.02. The van der Waals surface area contributed by atoms with Crippen LogP contribution in [-0.4, -0.2) is 24.9 Å². The van der Waals surface area contributed by atoms with Gasteiger partial charge in [-0.05, 0) is 23.6 Å². The van der Waals surface area contributed by atoms with E-state index < -0.39 is 0 Å². The van der Waals surface area contributed by atoms with E-state index in [0.29, 0.717) is 13.1 Å². The van der Waals surface area contributed by atoms with Crippen LogP contribution < -0.4 is 10.6 Å². The number of benzene rings is 1. The van der Waals surface area contributed by atoms with E-state index in [1.165, 1.54) is 6.26 Å². The molecular weight excluding hydrogens is 304 g/mol. The lowest BCUT2D eigenvalue weighted by atomic mass is 9.85. The van der Waals surface area contributed by atoms with Gasteiger partial charge in [0, 0.05) is 13.1 Å². The molecule has 2 amide bonds. The molecule has 0 unspecified atom stereocenters. The first-order chi connectivity index (χ1) is 11.6. The molecule has 1 aromatic carbocycles. The van der Waals surface area contributed by atoms with Crippen LogP contribution in [0.3, 0.4) is 0 Å². The van der Waals surface area contributed by atoms with Gasteiger partial charge in [0.25, 0.3) is 5.91 Å². The number of hydrogen-bond acceptors (Lipinski definition) is 3. The number of rotatable bonds is 8. The number of amides is 2. The van der Waals surface area contributed by atoms with E-state index in [4.69, 9.17) is 4.42 Å². The minimum atomic E-state index is -0.282. The molecule has 128 valence electrons. The molecule has 2 atom stereocenters. The monoisotopic (exact) mass is 328 g/mol. The van der Waals surface area contributed by atoms with Crippen molar-refractivity contribution < 1.29 is 14.0 Å². The third-order valence-electron chi connectivity index (χ3n) is 4.11. The van der Waals surface area contributed by atoms with Gasteiger partial charge in [-0.25, -0.2) is 0 Å². The Balaban J connectivity index is 1.86. The van der Waals surface area contributed by atoms with Crippen molar-refractivity contribution in [1.82, 2.24) is 10.6 Å². The van der Waals surface area contributed by atoms with Gasteiger partial charge in [-0.2, -0.15) is 0 Å². The maximum Gasteiger partial charge on any atom is 0.287 e. The summed E-state index contributed by atoms with van der Waals surface area (Å²) in [7, 11) is 0. The zero-order chi connectivity index (χ0) is 17.4. The van der Waals surface area contributed by atoms with E-state index in [1.54, 1.807) is 12.1 Å². The number of hydrogen-bond donors (Lipinski definition) is 2. The Bertz CT molecular complexity index is 638. The van der Waals surface area contributed by atoms with Crippen LogP contribution in [0.4, 0.5) is 0 Å². The SMILES string of the molecule is CC[C@H](C)[C@H](C(=O)NCCNC(=O)c1ccco1)c1ccccc1. The molecule has 0 aliphatic carbocycles. The molecule has 0 aliphatic rings. The molecule has 0 radical (unpaired) electrons. The molecule has 0 aliphatic heterocycles. The van der Waals surface area contributed by atoms with Crippen molar-refractivity contribution in [2.75, 3.05) is 13.1 Å². The summed E-state index contributed by atoms with van der Waals surface area (Å²) in [5.74, 6) is 0.0313. The van der Waals surface area contributed by atoms with Crippen LogP contribution in [0.15, 0.2) is 53.1 Å². The molecule has 1 heterocycles. The standard InChI is InChI=1S/C19H24N2O3/c1-3-14(2)17(15-8-5-4-6-9-15)19(23)21-12-11-20-18(22)16-10-7-13-24-16/h4-10,13-14,17H,3,11-12H2,1-2H3,(H,20,22)(H,21,23)/t14-,17-/m0/s1. The summed E-state index contributed by atoms with van der Waals surface area (Å²) in [6.07, 6.45) is 2.37. The highest BCUT2D eigenvalue weighted by molar-refractivity contribution is 5.91. The highest BCUT2D eigenvalue weighted by Gasteiger charge is 2.25. The summed E-state index contributed by atoms with van der Waals surface area (Å²) < 4.78 is 5.02. The van der Waals surface area contributed by atoms with Gasteiger partial charge in [0.1, 0.15) is 0 Å². The lowest BCUT2D eigenvalue weighted by molar-refractivity contribution is -0.123. The second-order valence-corrected chi connectivity index (χ2v) is 5.80. The van der Waals surface area contributed by atoms with Crippen LogP contribution in [0.2, 0.25) is 0 Å². The Labute approximate surface area is 142 Å². The van der Waals surface area contributed by atoms with Crippen LogP contribution in [-0.2, 0) is 4.79 Å². The third kappa shape index (κ3) is 4.72. The minimum Gasteiger partial charge on any atom is -0.459 e. The maximum atomic E-state index is 12.6. The van der Waals surface area contributed by atoms with Crippen molar-refractivity contribution in [1.29, 1.82) is 0 Å². The molecule has 24 heavy (non-hydrogen) atoms. The lowest BCUT2D eigenvalue weighted by Gasteiger charge is -2.22. The Hall–Kier alpha value is -2.56. The minimum absolute atomic E-state index is 0.0113. The van der Waals surface area contributed by atoms with Crippen LogP contribution in [0.25, 0.3) is 0 Å². The van der Waals surface area contributed by atoms with Crippen molar-refractivity contribution in [3.8, 4) is 0 Å². The summed E-state index contributed by atoms with van der Waals surface area (Å²) in [5, 5.41) is 5.63. The average molecular weight is 328 g/mol. The van der Waals surface area contributed by atoms with Gasteiger partial charge in [0.2, 0.25) is 5.91 Å². The van der Waals surface area contributed by atoms with E-state index >= 15 is 0 Å². The smallest absolute Gasteiger partial charge is 0.287 e. The Morgan fingerprint density at radius 1 is 1.04 bits per heavy atom. The number of furan rings is 1. The second-order valence-electron chi connectivity index (χ2n) is 5.80. The van der Waals surface area contributed by atoms with Gasteiger partial charge in [-0.3, -0.25) is 9.59 Å². The van der Waals surface area contributed by atoms with Crippen LogP contribution in [0, 0.1) is 5.92 Å². The molecule has 5 heteroatoms. The zero-order valence-corrected chi connectivity index (χ0v) is 14.1. The molecule has 2 N–H and O–H groups in total. The molecule has 5 nitrogen and oxygen atoms in total. The van der Waals surface area contributed by atoms with E-state index in [1.807, 2.05) is 30.3 Å². The number of nitrogens with one attached hydrogen (secondary N) is 2. The van der Waals surface area contributed by atoms with Gasteiger partial charge in [-0.15, -0.1) is 0 Å². The Kier molecular flexibility index (Phi) is 6.61. The van der Waals surface area contributed by atoms with Crippen molar-refractivity contribution in [2.45, 2.75) is 26.2 Å². The van der Waals surface area contributed by atoms with E-state index in [-0.39, 0.29) is 29.4 Å². The fourth-order valence-electron chi connectivity index (χ4n) is 2.60. The van der Waals surface area contributed by atoms with Crippen molar-refractivity contribution in [3.63, 3.8) is 0 Å². The average Bonchev–Trinajstić information content (AvgIpc) is 3.14. The highest BCUT2D eigenvalue weighted by Crippen LogP contribution is 2.26. The fourth-order valence-corrected chi connectivity index (χ4v) is 2.60. The molecule has 2 rings (SSSR count). The second kappa shape index (κ2) is 8.91. The largest absolute Gasteiger partial charge is 0.459 e. The third-order valence-corrected chi connectivity index (χ3v) is 4.11. The summed E-state index contributed by atoms with van der Waals surface area (Å²) >= 11 is 0.